The van der Waals surface area contributed by atoms with Gasteiger partial charge in [-0.05, 0) is 53.1 Å². The zero-order valence-corrected chi connectivity index (χ0v) is 13.6. The van der Waals surface area contributed by atoms with Gasteiger partial charge in [0.25, 0.3) is 0 Å². The molecule has 1 atom stereocenters. The van der Waals surface area contributed by atoms with Crippen LogP contribution in [-0.4, -0.2) is 35.5 Å². The van der Waals surface area contributed by atoms with Crippen LogP contribution in [0.15, 0.2) is 66.1 Å². The average Bonchev–Trinajstić information content (AvgIpc) is 3.11. The third-order valence-electron chi connectivity index (χ3n) is 4.69. The van der Waals surface area contributed by atoms with Crippen molar-refractivity contribution in [2.45, 2.75) is 6.04 Å². The predicted molar refractivity (Wildman–Crippen MR) is 95.7 cm³/mol. The van der Waals surface area contributed by atoms with Crippen molar-refractivity contribution >= 4 is 11.4 Å². The Morgan fingerprint density at radius 2 is 1.84 bits per heavy atom. The first-order chi connectivity index (χ1) is 12.4. The Balaban J connectivity index is 1.43. The van der Waals surface area contributed by atoms with Crippen molar-refractivity contribution in [3.63, 3.8) is 0 Å². The number of hydrogen-bond donors (Lipinski definition) is 0. The predicted octanol–water partition coefficient (Wildman–Crippen LogP) is 3.22. The highest BCUT2D eigenvalue weighted by atomic mass is 16.6. The summed E-state index contributed by atoms with van der Waals surface area (Å²) >= 11 is 0. The van der Waals surface area contributed by atoms with Crippen LogP contribution < -0.4 is 9.47 Å². The van der Waals surface area contributed by atoms with Crippen molar-refractivity contribution in [1.29, 1.82) is 0 Å². The molecule has 0 bridgehead atoms. The van der Waals surface area contributed by atoms with Crippen LogP contribution in [0.1, 0.15) is 17.2 Å². The van der Waals surface area contributed by atoms with E-state index in [2.05, 4.69) is 46.4 Å². The van der Waals surface area contributed by atoms with Gasteiger partial charge in [0.2, 0.25) is 0 Å². The number of pyridine rings is 1. The fourth-order valence-corrected chi connectivity index (χ4v) is 3.41. The molecule has 0 N–H and O–H groups in total. The lowest BCUT2D eigenvalue weighted by Crippen LogP contribution is -2.26. The van der Waals surface area contributed by atoms with Crippen LogP contribution >= 0.6 is 0 Å². The Morgan fingerprint density at radius 3 is 2.72 bits per heavy atom. The Hall–Kier alpha value is -3.08. The number of benzene rings is 1. The highest BCUT2D eigenvalue weighted by Crippen LogP contribution is 2.36. The lowest BCUT2D eigenvalue weighted by atomic mass is 10.0. The summed E-state index contributed by atoms with van der Waals surface area (Å²) in [4.78, 5) is 11.0. The first kappa shape index (κ1) is 14.3. The van der Waals surface area contributed by atoms with E-state index < -0.39 is 0 Å². The van der Waals surface area contributed by atoms with Crippen LogP contribution in [0.5, 0.6) is 11.5 Å². The standard InChI is InChI=1S/C20H17N3O2/c1-2-18-19(25-10-9-24-18)11-15(1)16-5-8-23-17(13-22-20(23)12-16)14-3-6-21-7-4-14/h1-8,11-12,17H,9-10,13H2. The molecule has 0 amide bonds. The summed E-state index contributed by atoms with van der Waals surface area (Å²) < 4.78 is 11.3. The minimum atomic E-state index is 0.243. The molecule has 124 valence electrons. The van der Waals surface area contributed by atoms with E-state index in [1.54, 1.807) is 0 Å². The zero-order valence-electron chi connectivity index (χ0n) is 13.6. The van der Waals surface area contributed by atoms with Gasteiger partial charge in [-0.1, -0.05) is 6.07 Å². The molecule has 2 aromatic rings. The Kier molecular flexibility index (Phi) is 3.30. The van der Waals surface area contributed by atoms with E-state index in [0.717, 1.165) is 35.0 Å². The highest BCUT2D eigenvalue weighted by Gasteiger charge is 2.28. The van der Waals surface area contributed by atoms with E-state index in [0.29, 0.717) is 13.2 Å². The molecule has 0 fully saturated rings. The van der Waals surface area contributed by atoms with Crippen molar-refractivity contribution in [2.24, 2.45) is 4.99 Å². The molecular weight excluding hydrogens is 314 g/mol. The van der Waals surface area contributed by atoms with Crippen LogP contribution in [0.2, 0.25) is 0 Å². The molecule has 3 aliphatic heterocycles. The molecule has 5 nitrogen and oxygen atoms in total. The van der Waals surface area contributed by atoms with Gasteiger partial charge in [0, 0.05) is 18.6 Å². The summed E-state index contributed by atoms with van der Waals surface area (Å²) in [6, 6.07) is 10.4. The number of allylic oxidation sites excluding steroid dienone is 2. The van der Waals surface area contributed by atoms with Crippen molar-refractivity contribution in [1.82, 2.24) is 9.88 Å². The molecule has 1 aromatic heterocycles. The highest BCUT2D eigenvalue weighted by molar-refractivity contribution is 6.04. The smallest absolute Gasteiger partial charge is 0.161 e. The van der Waals surface area contributed by atoms with Crippen molar-refractivity contribution in [3.05, 3.63) is 72.2 Å². The third-order valence-corrected chi connectivity index (χ3v) is 4.69. The van der Waals surface area contributed by atoms with E-state index >= 15 is 0 Å². The van der Waals surface area contributed by atoms with E-state index in [9.17, 15) is 0 Å². The molecule has 0 spiro atoms. The number of rotatable bonds is 2. The second-order valence-corrected chi connectivity index (χ2v) is 6.18. The zero-order chi connectivity index (χ0) is 16.6. The SMILES string of the molecule is C1=CN2C(=NCC2c2ccncc2)C=C1c1ccc2c(c1)OCCO2. The number of ether oxygens (including phenoxy) is 2. The van der Waals surface area contributed by atoms with Crippen LogP contribution in [-0.2, 0) is 0 Å². The molecule has 5 rings (SSSR count). The molecule has 1 aromatic carbocycles. The maximum atomic E-state index is 5.69. The van der Waals surface area contributed by atoms with Crippen LogP contribution in [0.4, 0.5) is 0 Å². The fourth-order valence-electron chi connectivity index (χ4n) is 3.41. The average molecular weight is 331 g/mol. The van der Waals surface area contributed by atoms with Crippen molar-refractivity contribution in [3.8, 4) is 11.5 Å². The molecule has 0 aliphatic carbocycles. The first-order valence-electron chi connectivity index (χ1n) is 8.41. The largest absolute Gasteiger partial charge is 0.486 e. The number of fused-ring (bicyclic) bond motifs is 2. The topological polar surface area (TPSA) is 47.0 Å². The van der Waals surface area contributed by atoms with Gasteiger partial charge in [-0.3, -0.25) is 9.98 Å². The van der Waals surface area contributed by atoms with Crippen molar-refractivity contribution in [2.75, 3.05) is 19.8 Å². The molecule has 1 unspecified atom stereocenters. The normalized spacial score (nSPS) is 20.8. The van der Waals surface area contributed by atoms with E-state index in [4.69, 9.17) is 14.5 Å². The minimum Gasteiger partial charge on any atom is -0.486 e. The van der Waals surface area contributed by atoms with Gasteiger partial charge >= 0.3 is 0 Å². The van der Waals surface area contributed by atoms with E-state index in [1.165, 1.54) is 5.56 Å². The fraction of sp³-hybridized carbons (Fsp3) is 0.200. The number of hydrogen-bond acceptors (Lipinski definition) is 5. The van der Waals surface area contributed by atoms with E-state index in [-0.39, 0.29) is 6.04 Å². The van der Waals surface area contributed by atoms with Gasteiger partial charge in [-0.15, -0.1) is 0 Å². The van der Waals surface area contributed by atoms with Crippen molar-refractivity contribution < 1.29 is 9.47 Å². The van der Waals surface area contributed by atoms with Crippen LogP contribution in [0, 0.1) is 0 Å². The monoisotopic (exact) mass is 331 g/mol. The lowest BCUT2D eigenvalue weighted by molar-refractivity contribution is 0.171. The summed E-state index contributed by atoms with van der Waals surface area (Å²) in [5.41, 5.74) is 3.46. The molecule has 3 aliphatic rings. The summed E-state index contributed by atoms with van der Waals surface area (Å²) in [6.45, 7) is 1.96. The number of aliphatic imine (C=N–C) groups is 1. The Bertz CT molecular complexity index is 902. The first-order valence-corrected chi connectivity index (χ1v) is 8.41. The number of aromatic nitrogens is 1. The van der Waals surface area contributed by atoms with Gasteiger partial charge in [0.15, 0.2) is 11.5 Å². The van der Waals surface area contributed by atoms with Gasteiger partial charge in [0.05, 0.1) is 12.6 Å². The molecule has 5 heteroatoms. The van der Waals surface area contributed by atoms with E-state index in [1.807, 2.05) is 24.5 Å². The summed E-state index contributed by atoms with van der Waals surface area (Å²) in [5, 5.41) is 0. The van der Waals surface area contributed by atoms with Gasteiger partial charge in [0.1, 0.15) is 19.0 Å². The third kappa shape index (κ3) is 2.48. The summed E-state index contributed by atoms with van der Waals surface area (Å²) in [7, 11) is 0. The molecule has 0 radical (unpaired) electrons. The molecule has 0 saturated heterocycles. The van der Waals surface area contributed by atoms with Gasteiger partial charge < -0.3 is 14.4 Å². The molecule has 25 heavy (non-hydrogen) atoms. The summed E-state index contributed by atoms with van der Waals surface area (Å²) in [5.74, 6) is 2.62. The molecular formula is C20H17N3O2. The second-order valence-electron chi connectivity index (χ2n) is 6.18. The number of nitrogens with zero attached hydrogens (tertiary/aromatic N) is 3. The Morgan fingerprint density at radius 1 is 1.00 bits per heavy atom. The lowest BCUT2D eigenvalue weighted by Gasteiger charge is -2.26. The van der Waals surface area contributed by atoms with Crippen LogP contribution in [0.25, 0.3) is 5.57 Å². The summed E-state index contributed by atoms with van der Waals surface area (Å²) in [6.07, 6.45) is 10.0. The Labute approximate surface area is 145 Å². The molecule has 0 saturated carbocycles. The van der Waals surface area contributed by atoms with Gasteiger partial charge in [-0.25, -0.2) is 0 Å². The minimum absolute atomic E-state index is 0.243. The molecule has 4 heterocycles. The number of amidine groups is 1. The van der Waals surface area contributed by atoms with Crippen LogP contribution in [0.3, 0.4) is 0 Å². The van der Waals surface area contributed by atoms with Gasteiger partial charge in [-0.2, -0.15) is 0 Å². The quantitative estimate of drug-likeness (QED) is 0.848. The maximum Gasteiger partial charge on any atom is 0.161 e. The maximum absolute atomic E-state index is 5.69. The second kappa shape index (κ2) is 5.77.